The molecule has 0 spiro atoms. The first-order valence-electron chi connectivity index (χ1n) is 2.82. The van der Waals surface area contributed by atoms with E-state index < -0.39 is 11.6 Å². The second-order valence-electron chi connectivity index (χ2n) is 1.85. The maximum Gasteiger partial charge on any atom is 0.129 e. The molecule has 0 atom stereocenters. The molecule has 0 bridgehead atoms. The largest absolute Gasteiger partial charge is 0.207 e. The Morgan fingerprint density at radius 3 is 1.73 bits per heavy atom. The lowest BCUT2D eigenvalue weighted by Gasteiger charge is -1.94. The third-order valence-corrected chi connectivity index (χ3v) is 1.20. The molecule has 0 saturated heterocycles. The maximum atomic E-state index is 12.3. The summed E-state index contributed by atoms with van der Waals surface area (Å²) in [6.45, 7) is 1.41. The molecule has 4 heteroatoms. The van der Waals surface area contributed by atoms with Crippen molar-refractivity contribution in [3.8, 4) is 0 Å². The monoisotopic (exact) mass is 156 g/mol. The fourth-order valence-electron chi connectivity index (χ4n) is 0.581. The van der Waals surface area contributed by atoms with Crippen LogP contribution in [0.2, 0.25) is 0 Å². The molecule has 0 aromatic heterocycles. The minimum atomic E-state index is -0.491. The number of rotatable bonds is 0. The van der Waals surface area contributed by atoms with Gasteiger partial charge in [-0.1, -0.05) is 6.07 Å². The van der Waals surface area contributed by atoms with Crippen LogP contribution in [-0.2, 0) is 0 Å². The molecular weight excluding hydrogens is 150 g/mol. The van der Waals surface area contributed by atoms with Crippen molar-refractivity contribution in [2.45, 2.75) is 6.92 Å². The molecule has 0 amide bonds. The van der Waals surface area contributed by atoms with Crippen LogP contribution in [0, 0.1) is 29.3 Å². The van der Waals surface area contributed by atoms with E-state index in [-0.39, 0.29) is 5.56 Å². The van der Waals surface area contributed by atoms with Gasteiger partial charge in [-0.3, -0.25) is 0 Å². The van der Waals surface area contributed by atoms with Crippen molar-refractivity contribution < 1.29 is 8.78 Å². The van der Waals surface area contributed by atoms with Gasteiger partial charge in [-0.2, -0.15) is 0 Å². The average Bonchev–Trinajstić information content (AvgIpc) is 2.04. The number of nitrogens with zero attached hydrogens (tertiary/aromatic N) is 2. The molecule has 1 rings (SSSR count). The van der Waals surface area contributed by atoms with Crippen molar-refractivity contribution in [3.63, 3.8) is 0 Å². The molecule has 2 nitrogen and oxygen atoms in total. The van der Waals surface area contributed by atoms with Crippen molar-refractivity contribution >= 4 is 0 Å². The first-order valence-corrected chi connectivity index (χ1v) is 2.82. The second kappa shape index (κ2) is 4.34. The summed E-state index contributed by atoms with van der Waals surface area (Å²) in [6, 6.07) is 3.81. The lowest BCUT2D eigenvalue weighted by Crippen LogP contribution is -1.85. The lowest BCUT2D eigenvalue weighted by atomic mass is 10.2. The predicted molar refractivity (Wildman–Crippen MR) is 34.5 cm³/mol. The summed E-state index contributed by atoms with van der Waals surface area (Å²) >= 11 is 0. The van der Waals surface area contributed by atoms with E-state index in [2.05, 4.69) is 0 Å². The molecule has 1 aromatic rings. The minimum absolute atomic E-state index is 0.0810. The van der Waals surface area contributed by atoms with E-state index in [1.807, 2.05) is 0 Å². The Morgan fingerprint density at radius 1 is 1.09 bits per heavy atom. The summed E-state index contributed by atoms with van der Waals surface area (Å²) in [4.78, 5) is 0. The van der Waals surface area contributed by atoms with Gasteiger partial charge >= 0.3 is 0 Å². The molecule has 0 aliphatic carbocycles. The first kappa shape index (κ1) is 9.50. The smallest absolute Gasteiger partial charge is 0.129 e. The average molecular weight is 156 g/mol. The van der Waals surface area contributed by atoms with Gasteiger partial charge in [0.2, 0.25) is 0 Å². The minimum Gasteiger partial charge on any atom is -0.207 e. The SMILES string of the molecule is Cc1c(F)cccc1F.N#N. The molecule has 0 radical (unpaired) electrons. The Morgan fingerprint density at radius 2 is 1.45 bits per heavy atom. The van der Waals surface area contributed by atoms with Gasteiger partial charge in [-0.15, -0.1) is 0 Å². The second-order valence-corrected chi connectivity index (χ2v) is 1.85. The lowest BCUT2D eigenvalue weighted by molar-refractivity contribution is 0.568. The highest BCUT2D eigenvalue weighted by molar-refractivity contribution is 5.17. The van der Waals surface area contributed by atoms with Gasteiger partial charge < -0.3 is 0 Å². The molecule has 0 aliphatic heterocycles. The van der Waals surface area contributed by atoms with Crippen molar-refractivity contribution in [2.24, 2.45) is 0 Å². The molecule has 0 unspecified atom stereocenters. The van der Waals surface area contributed by atoms with Crippen molar-refractivity contribution in [2.75, 3.05) is 0 Å². The zero-order chi connectivity index (χ0) is 8.85. The molecule has 1 aromatic carbocycles. The zero-order valence-corrected chi connectivity index (χ0v) is 5.88. The Labute approximate surface area is 62.9 Å². The van der Waals surface area contributed by atoms with Gasteiger partial charge in [0.15, 0.2) is 0 Å². The van der Waals surface area contributed by atoms with Crippen LogP contribution >= 0.6 is 0 Å². The van der Waals surface area contributed by atoms with Crippen LogP contribution in [0.5, 0.6) is 0 Å². The van der Waals surface area contributed by atoms with Crippen LogP contribution in [0.15, 0.2) is 18.2 Å². The van der Waals surface area contributed by atoms with Gasteiger partial charge in [0, 0.05) is 16.3 Å². The van der Waals surface area contributed by atoms with Gasteiger partial charge in [0.25, 0.3) is 0 Å². The van der Waals surface area contributed by atoms with E-state index in [4.69, 9.17) is 10.8 Å². The van der Waals surface area contributed by atoms with Crippen molar-refractivity contribution in [1.82, 2.24) is 0 Å². The van der Waals surface area contributed by atoms with E-state index in [1.54, 1.807) is 0 Å². The number of halogens is 2. The van der Waals surface area contributed by atoms with Crippen LogP contribution in [0.1, 0.15) is 5.56 Å². The Bertz CT molecular complexity index is 238. The topological polar surface area (TPSA) is 47.6 Å². The summed E-state index contributed by atoms with van der Waals surface area (Å²) in [7, 11) is 0. The highest BCUT2D eigenvalue weighted by atomic mass is 19.1. The summed E-state index contributed by atoms with van der Waals surface area (Å²) in [5.74, 6) is -0.981. The maximum absolute atomic E-state index is 12.3. The highest BCUT2D eigenvalue weighted by Gasteiger charge is 1.99. The van der Waals surface area contributed by atoms with Gasteiger partial charge in [0.1, 0.15) is 11.6 Å². The summed E-state index contributed by atoms with van der Waals surface area (Å²) < 4.78 is 24.7. The number of hydrogen-bond donors (Lipinski definition) is 0. The normalized spacial score (nSPS) is 8.09. The van der Waals surface area contributed by atoms with Crippen LogP contribution in [-0.4, -0.2) is 0 Å². The molecule has 58 valence electrons. The first-order chi connectivity index (χ1) is 5.22. The Kier molecular flexibility index (Phi) is 3.75. The number of benzene rings is 1. The van der Waals surface area contributed by atoms with E-state index in [0.29, 0.717) is 0 Å². The van der Waals surface area contributed by atoms with Crippen LogP contribution < -0.4 is 0 Å². The van der Waals surface area contributed by atoms with E-state index >= 15 is 0 Å². The van der Waals surface area contributed by atoms with E-state index in [0.717, 1.165) is 0 Å². The third-order valence-electron chi connectivity index (χ3n) is 1.20. The van der Waals surface area contributed by atoms with Crippen LogP contribution in [0.25, 0.3) is 0 Å². The quantitative estimate of drug-likeness (QED) is 0.541. The van der Waals surface area contributed by atoms with Crippen LogP contribution in [0.4, 0.5) is 8.78 Å². The molecule has 0 fully saturated rings. The Hall–Kier alpha value is -1.50. The summed E-state index contributed by atoms with van der Waals surface area (Å²) in [5, 5.41) is 12.0. The van der Waals surface area contributed by atoms with Gasteiger partial charge in [-0.05, 0) is 19.1 Å². The fraction of sp³-hybridized carbons (Fsp3) is 0.143. The highest BCUT2D eigenvalue weighted by Crippen LogP contribution is 2.08. The standard InChI is InChI=1S/C7H6F2.N2/c1-5-6(8)3-2-4-7(5)9;1-2/h2-4H,1H3;. The summed E-state index contributed by atoms with van der Waals surface area (Å²) in [5.41, 5.74) is 0.0810. The molecule has 0 heterocycles. The van der Waals surface area contributed by atoms with Gasteiger partial charge in [0.05, 0.1) is 0 Å². The Balaban J connectivity index is 0.000000461. The fourth-order valence-corrected chi connectivity index (χ4v) is 0.581. The van der Waals surface area contributed by atoms with Crippen LogP contribution in [0.3, 0.4) is 0 Å². The molecule has 0 aliphatic rings. The van der Waals surface area contributed by atoms with E-state index in [9.17, 15) is 8.78 Å². The predicted octanol–water partition coefficient (Wildman–Crippen LogP) is 2.30. The van der Waals surface area contributed by atoms with Crippen molar-refractivity contribution in [1.29, 1.82) is 10.8 Å². The molecule has 11 heavy (non-hydrogen) atoms. The summed E-state index contributed by atoms with van der Waals surface area (Å²) in [6.07, 6.45) is 0. The molecule has 0 saturated carbocycles. The van der Waals surface area contributed by atoms with Crippen molar-refractivity contribution in [3.05, 3.63) is 35.4 Å². The third kappa shape index (κ3) is 2.30. The van der Waals surface area contributed by atoms with Gasteiger partial charge in [-0.25, -0.2) is 8.78 Å². The molecular formula is C7H6F2N2. The molecule has 0 N–H and O–H groups in total. The number of hydrogen-bond acceptors (Lipinski definition) is 2. The van der Waals surface area contributed by atoms with E-state index in [1.165, 1.54) is 25.1 Å². The zero-order valence-electron chi connectivity index (χ0n) is 5.88.